The number of benzene rings is 1. The van der Waals surface area contributed by atoms with Crippen LogP contribution in [-0.2, 0) is 11.3 Å². The molecule has 1 rings (SSSR count). The number of guanidine groups is 1. The molecule has 0 heterocycles. The lowest BCUT2D eigenvalue weighted by Crippen LogP contribution is -2.38. The summed E-state index contributed by atoms with van der Waals surface area (Å²) >= 11 is 0. The number of hydrogen-bond donors (Lipinski definition) is 2. The van der Waals surface area contributed by atoms with Gasteiger partial charge in [0.15, 0.2) is 5.96 Å². The Morgan fingerprint density at radius 2 is 2.05 bits per heavy atom. The molecule has 0 saturated heterocycles. The van der Waals surface area contributed by atoms with Gasteiger partial charge < -0.3 is 15.4 Å². The molecule has 0 radical (unpaired) electrons. The van der Waals surface area contributed by atoms with Gasteiger partial charge in [-0.05, 0) is 5.56 Å². The first kappa shape index (κ1) is 14.9. The van der Waals surface area contributed by atoms with E-state index >= 15 is 0 Å². The molecule has 19 heavy (non-hydrogen) atoms. The van der Waals surface area contributed by atoms with Gasteiger partial charge in [0.05, 0.1) is 11.5 Å². The van der Waals surface area contributed by atoms with E-state index in [0.717, 1.165) is 5.56 Å². The molecule has 7 heteroatoms. The molecule has 0 bridgehead atoms. The van der Waals surface area contributed by atoms with E-state index in [-0.39, 0.29) is 5.69 Å². The quantitative estimate of drug-likeness (QED) is 0.262. The summed E-state index contributed by atoms with van der Waals surface area (Å²) in [5.41, 5.74) is 1.03. The molecule has 0 atom stereocenters. The molecule has 0 aliphatic carbocycles. The van der Waals surface area contributed by atoms with Gasteiger partial charge in [-0.3, -0.25) is 15.1 Å². The maximum absolute atomic E-state index is 10.5. The van der Waals surface area contributed by atoms with Gasteiger partial charge >= 0.3 is 0 Å². The number of ether oxygens (including phenoxy) is 1. The Morgan fingerprint density at radius 3 is 2.58 bits per heavy atom. The Hall–Kier alpha value is -2.15. The third kappa shape index (κ3) is 5.35. The smallest absolute Gasteiger partial charge is 0.269 e. The monoisotopic (exact) mass is 266 g/mol. The number of methoxy groups -OCH3 is 1. The van der Waals surface area contributed by atoms with E-state index in [1.54, 1.807) is 26.3 Å². The van der Waals surface area contributed by atoms with Crippen molar-refractivity contribution in [1.82, 2.24) is 10.6 Å². The fraction of sp³-hybridized carbons (Fsp3) is 0.417. The molecule has 0 aliphatic heterocycles. The molecule has 1 aromatic carbocycles. The summed E-state index contributed by atoms with van der Waals surface area (Å²) in [5, 5.41) is 16.7. The second-order valence-corrected chi connectivity index (χ2v) is 3.77. The van der Waals surface area contributed by atoms with Crippen molar-refractivity contribution in [3.63, 3.8) is 0 Å². The maximum Gasteiger partial charge on any atom is 0.269 e. The Labute approximate surface area is 111 Å². The van der Waals surface area contributed by atoms with E-state index < -0.39 is 4.92 Å². The van der Waals surface area contributed by atoms with Gasteiger partial charge in [0.1, 0.15) is 0 Å². The number of nitro groups is 1. The largest absolute Gasteiger partial charge is 0.383 e. The van der Waals surface area contributed by atoms with Crippen LogP contribution < -0.4 is 10.6 Å². The van der Waals surface area contributed by atoms with Crippen LogP contribution in [0.25, 0.3) is 0 Å². The van der Waals surface area contributed by atoms with Gasteiger partial charge in [0, 0.05) is 39.4 Å². The van der Waals surface area contributed by atoms with Crippen molar-refractivity contribution < 1.29 is 9.66 Å². The molecule has 0 unspecified atom stereocenters. The van der Waals surface area contributed by atoms with Gasteiger partial charge in [-0.15, -0.1) is 0 Å². The fourth-order valence-corrected chi connectivity index (χ4v) is 1.41. The minimum Gasteiger partial charge on any atom is -0.383 e. The van der Waals surface area contributed by atoms with E-state index in [1.807, 2.05) is 0 Å². The summed E-state index contributed by atoms with van der Waals surface area (Å²) in [6.07, 6.45) is 0. The molecule has 0 fully saturated rings. The highest BCUT2D eigenvalue weighted by atomic mass is 16.6. The average molecular weight is 266 g/mol. The van der Waals surface area contributed by atoms with Crippen molar-refractivity contribution in [3.05, 3.63) is 39.9 Å². The summed E-state index contributed by atoms with van der Waals surface area (Å²) in [6.45, 7) is 1.80. The van der Waals surface area contributed by atoms with Crippen molar-refractivity contribution >= 4 is 11.6 Å². The van der Waals surface area contributed by atoms with Crippen LogP contribution in [0.1, 0.15) is 5.56 Å². The highest BCUT2D eigenvalue weighted by Crippen LogP contribution is 2.11. The average Bonchev–Trinajstić information content (AvgIpc) is 2.43. The number of hydrogen-bond acceptors (Lipinski definition) is 4. The van der Waals surface area contributed by atoms with E-state index in [9.17, 15) is 10.1 Å². The van der Waals surface area contributed by atoms with Gasteiger partial charge in [-0.1, -0.05) is 12.1 Å². The minimum absolute atomic E-state index is 0.0892. The third-order valence-corrected chi connectivity index (χ3v) is 2.43. The van der Waals surface area contributed by atoms with E-state index in [2.05, 4.69) is 15.6 Å². The molecule has 0 spiro atoms. The van der Waals surface area contributed by atoms with E-state index in [0.29, 0.717) is 25.7 Å². The van der Waals surface area contributed by atoms with Gasteiger partial charge in [-0.2, -0.15) is 0 Å². The predicted octanol–water partition coefficient (Wildman–Crippen LogP) is 0.906. The van der Waals surface area contributed by atoms with E-state index in [1.165, 1.54) is 12.1 Å². The zero-order chi connectivity index (χ0) is 14.1. The van der Waals surface area contributed by atoms with Crippen LogP contribution in [0.4, 0.5) is 5.69 Å². The minimum atomic E-state index is -0.414. The van der Waals surface area contributed by atoms with Crippen LogP contribution in [-0.4, -0.2) is 38.2 Å². The van der Waals surface area contributed by atoms with Gasteiger partial charge in [0.25, 0.3) is 5.69 Å². The molecule has 0 aliphatic rings. The van der Waals surface area contributed by atoms with Crippen molar-refractivity contribution in [1.29, 1.82) is 0 Å². The first-order valence-corrected chi connectivity index (χ1v) is 5.84. The van der Waals surface area contributed by atoms with Gasteiger partial charge in [-0.25, -0.2) is 0 Å². The van der Waals surface area contributed by atoms with E-state index in [4.69, 9.17) is 4.74 Å². The zero-order valence-corrected chi connectivity index (χ0v) is 11.0. The van der Waals surface area contributed by atoms with Crippen LogP contribution in [0.3, 0.4) is 0 Å². The van der Waals surface area contributed by atoms with Crippen molar-refractivity contribution in [3.8, 4) is 0 Å². The molecule has 0 saturated carbocycles. The number of aliphatic imine (C=N–C) groups is 1. The summed E-state index contributed by atoms with van der Waals surface area (Å²) in [4.78, 5) is 14.2. The number of nitrogens with one attached hydrogen (secondary N) is 2. The van der Waals surface area contributed by atoms with Crippen LogP contribution in [0.5, 0.6) is 0 Å². The fourth-order valence-electron chi connectivity index (χ4n) is 1.41. The van der Waals surface area contributed by atoms with Crippen LogP contribution in [0.2, 0.25) is 0 Å². The van der Waals surface area contributed by atoms with Gasteiger partial charge in [0.2, 0.25) is 0 Å². The van der Waals surface area contributed by atoms with Crippen LogP contribution in [0, 0.1) is 10.1 Å². The molecule has 2 N–H and O–H groups in total. The predicted molar refractivity (Wildman–Crippen MR) is 73.2 cm³/mol. The highest BCUT2D eigenvalue weighted by molar-refractivity contribution is 5.79. The SMILES string of the molecule is CN=C(NCCOC)NCc1ccc([N+](=O)[O-])cc1. The lowest BCUT2D eigenvalue weighted by Gasteiger charge is -2.11. The van der Waals surface area contributed by atoms with Crippen molar-refractivity contribution in [2.24, 2.45) is 4.99 Å². The molecule has 1 aromatic rings. The number of rotatable bonds is 6. The topological polar surface area (TPSA) is 88.8 Å². The van der Waals surface area contributed by atoms with Crippen LogP contribution >= 0.6 is 0 Å². The Kier molecular flexibility index (Phi) is 6.31. The maximum atomic E-state index is 10.5. The lowest BCUT2D eigenvalue weighted by molar-refractivity contribution is -0.384. The second-order valence-electron chi connectivity index (χ2n) is 3.77. The molecular weight excluding hydrogens is 248 g/mol. The first-order valence-electron chi connectivity index (χ1n) is 5.84. The summed E-state index contributed by atoms with van der Waals surface area (Å²) in [5.74, 6) is 0.662. The lowest BCUT2D eigenvalue weighted by atomic mass is 10.2. The molecule has 0 aromatic heterocycles. The van der Waals surface area contributed by atoms with Crippen LogP contribution in [0.15, 0.2) is 29.3 Å². The van der Waals surface area contributed by atoms with Crippen molar-refractivity contribution in [2.45, 2.75) is 6.54 Å². The second kappa shape index (κ2) is 8.04. The third-order valence-electron chi connectivity index (χ3n) is 2.43. The number of nitro benzene ring substituents is 1. The summed E-state index contributed by atoms with van der Waals surface area (Å²) < 4.78 is 4.93. The molecule has 7 nitrogen and oxygen atoms in total. The summed E-state index contributed by atoms with van der Waals surface area (Å²) in [7, 11) is 3.31. The molecular formula is C12H18N4O3. The number of nitrogens with zero attached hydrogens (tertiary/aromatic N) is 2. The molecule has 104 valence electrons. The summed E-state index contributed by atoms with van der Waals surface area (Å²) in [6, 6.07) is 6.40. The van der Waals surface area contributed by atoms with Crippen molar-refractivity contribution in [2.75, 3.05) is 27.3 Å². The highest BCUT2D eigenvalue weighted by Gasteiger charge is 2.04. The standard InChI is InChI=1S/C12H18N4O3/c1-13-12(14-7-8-19-2)15-9-10-3-5-11(6-4-10)16(17)18/h3-6H,7-9H2,1-2H3,(H2,13,14,15). The number of non-ortho nitro benzene ring substituents is 1. The normalized spacial score (nSPS) is 11.2. The molecule has 0 amide bonds. The zero-order valence-electron chi connectivity index (χ0n) is 11.0. The first-order chi connectivity index (χ1) is 9.17. The Balaban J connectivity index is 2.44. The Morgan fingerprint density at radius 1 is 1.37 bits per heavy atom. The Bertz CT molecular complexity index is 431.